The van der Waals surface area contributed by atoms with Crippen molar-refractivity contribution in [2.75, 3.05) is 24.6 Å². The number of rotatable bonds is 12. The van der Waals surface area contributed by atoms with E-state index in [0.29, 0.717) is 0 Å². The molecule has 0 unspecified atom stereocenters. The maximum atomic E-state index is 2.44. The van der Waals surface area contributed by atoms with Gasteiger partial charge in [0.15, 0.2) is 0 Å². The Balaban J connectivity index is 0.000000688. The maximum Gasteiger partial charge on any atom is 4.00 e. The van der Waals surface area contributed by atoms with E-state index in [0.717, 1.165) is 11.8 Å². The first-order chi connectivity index (χ1) is 17.4. The van der Waals surface area contributed by atoms with Gasteiger partial charge >= 0.3 is 25.8 Å². The average molecular weight is 768 g/mol. The molecule has 4 rings (SSSR count). The molecule has 4 aromatic rings. The second-order valence-corrected chi connectivity index (χ2v) is 15.9. The Morgan fingerprint density at radius 3 is 1.36 bits per heavy atom. The molecule has 4 aromatic carbocycles. The molecule has 0 amide bonds. The molecule has 212 valence electrons. The van der Waals surface area contributed by atoms with Gasteiger partial charge in [-0.3, -0.25) is 0 Å². The van der Waals surface area contributed by atoms with Gasteiger partial charge in [0.1, 0.15) is 0 Å². The predicted octanol–water partition coefficient (Wildman–Crippen LogP) is 4.25. The van der Waals surface area contributed by atoms with Crippen LogP contribution in [0.25, 0.3) is 21.5 Å². The first-order valence-corrected chi connectivity index (χ1v) is 17.6. The molecular formula is C34H48Cl2HfP2. The number of fused-ring (bicyclic) bond motifs is 2. The zero-order chi connectivity index (χ0) is 25.9. The van der Waals surface area contributed by atoms with E-state index in [1.165, 1.54) is 71.9 Å². The van der Waals surface area contributed by atoms with Crippen molar-refractivity contribution in [2.24, 2.45) is 11.8 Å². The minimum absolute atomic E-state index is 0. The molecule has 0 fully saturated rings. The number of halogens is 2. The van der Waals surface area contributed by atoms with Crippen LogP contribution >= 0.6 is 15.8 Å². The molecule has 0 atom stereocenters. The van der Waals surface area contributed by atoms with Crippen LogP contribution in [-0.2, 0) is 25.8 Å². The van der Waals surface area contributed by atoms with Crippen molar-refractivity contribution >= 4 is 48.0 Å². The summed E-state index contributed by atoms with van der Waals surface area (Å²) in [5, 5.41) is 8.91. The molecule has 0 aliphatic heterocycles. The van der Waals surface area contributed by atoms with Crippen LogP contribution in [0, 0.1) is 11.8 Å². The number of hydrogen-bond donors (Lipinski definition) is 0. The molecular weight excluding hydrogens is 720 g/mol. The van der Waals surface area contributed by atoms with Gasteiger partial charge in [-0.1, -0.05) is 82.4 Å². The van der Waals surface area contributed by atoms with E-state index in [1.54, 1.807) is 10.6 Å². The first-order valence-electron chi connectivity index (χ1n) is 14.2. The summed E-state index contributed by atoms with van der Waals surface area (Å²) in [6.45, 7) is 14.0. The fourth-order valence-corrected chi connectivity index (χ4v) is 10.6. The van der Waals surface area contributed by atoms with Crippen molar-refractivity contribution in [2.45, 2.75) is 67.2 Å². The Morgan fingerprint density at radius 2 is 1.00 bits per heavy atom. The van der Waals surface area contributed by atoms with Crippen LogP contribution in [0.15, 0.2) is 72.8 Å². The molecule has 0 aliphatic rings. The Labute approximate surface area is 273 Å². The summed E-state index contributed by atoms with van der Waals surface area (Å²) in [5.41, 5.74) is 0. The molecule has 0 bridgehead atoms. The quantitative estimate of drug-likeness (QED) is 0.115. The van der Waals surface area contributed by atoms with Gasteiger partial charge < -0.3 is 24.8 Å². The van der Waals surface area contributed by atoms with Crippen LogP contribution in [-0.4, -0.2) is 24.6 Å². The van der Waals surface area contributed by atoms with Crippen molar-refractivity contribution in [3.05, 3.63) is 72.8 Å². The molecule has 0 radical (unpaired) electrons. The largest absolute Gasteiger partial charge is 4.00 e. The van der Waals surface area contributed by atoms with Crippen LogP contribution in [0.5, 0.6) is 0 Å². The second kappa shape index (κ2) is 20.8. The fourth-order valence-electron chi connectivity index (χ4n) is 4.87. The normalized spacial score (nSPS) is 10.9. The minimum atomic E-state index is 0. The molecule has 0 aliphatic carbocycles. The van der Waals surface area contributed by atoms with Gasteiger partial charge in [-0.15, -0.1) is 80.7 Å². The summed E-state index contributed by atoms with van der Waals surface area (Å²) >= 11 is 0. The van der Waals surface area contributed by atoms with Gasteiger partial charge in [0.05, 0.1) is 0 Å². The molecule has 0 nitrogen and oxygen atoms in total. The Morgan fingerprint density at radius 1 is 0.615 bits per heavy atom. The van der Waals surface area contributed by atoms with Gasteiger partial charge in [-0.25, -0.2) is 0 Å². The van der Waals surface area contributed by atoms with E-state index in [2.05, 4.69) is 114 Å². The van der Waals surface area contributed by atoms with Crippen LogP contribution < -0.4 is 35.4 Å². The fraction of sp³-hybridized carbons (Fsp3) is 0.471. The van der Waals surface area contributed by atoms with Gasteiger partial charge in [0.2, 0.25) is 0 Å². The molecule has 0 heterocycles. The minimum Gasteiger partial charge on any atom is -1.00 e. The Kier molecular flexibility index (Phi) is 20.8. The van der Waals surface area contributed by atoms with Gasteiger partial charge in [0.25, 0.3) is 0 Å². The summed E-state index contributed by atoms with van der Waals surface area (Å²) in [4.78, 5) is 0. The molecule has 0 N–H and O–H groups in total. The zero-order valence-corrected chi connectivity index (χ0v) is 31.8. The third-order valence-electron chi connectivity index (χ3n) is 6.67. The van der Waals surface area contributed by atoms with Crippen molar-refractivity contribution in [1.82, 2.24) is 0 Å². The summed E-state index contributed by atoms with van der Waals surface area (Å²) in [5.74, 6) is 1.60. The van der Waals surface area contributed by atoms with Crippen LogP contribution in [0.4, 0.5) is 0 Å². The maximum absolute atomic E-state index is 2.44. The molecule has 0 saturated heterocycles. The number of hydrogen-bond acceptors (Lipinski definition) is 0. The van der Waals surface area contributed by atoms with E-state index >= 15 is 0 Å². The second-order valence-electron chi connectivity index (χ2n) is 11.1. The average Bonchev–Trinajstić information content (AvgIpc) is 3.48. The van der Waals surface area contributed by atoms with E-state index < -0.39 is 0 Å². The van der Waals surface area contributed by atoms with Gasteiger partial charge in [-0.2, -0.15) is 12.1 Å². The molecule has 0 aromatic heterocycles. The summed E-state index contributed by atoms with van der Waals surface area (Å²) < 4.78 is 0. The van der Waals surface area contributed by atoms with Crippen molar-refractivity contribution in [3.8, 4) is 0 Å². The Hall–Kier alpha value is -0.0299. The third kappa shape index (κ3) is 12.8. The third-order valence-corrected chi connectivity index (χ3v) is 12.7. The summed E-state index contributed by atoms with van der Waals surface area (Å²) in [7, 11) is 0.104. The molecule has 0 spiro atoms. The van der Waals surface area contributed by atoms with Crippen molar-refractivity contribution < 1.29 is 50.7 Å². The molecule has 0 saturated carbocycles. The van der Waals surface area contributed by atoms with E-state index in [4.69, 9.17) is 0 Å². The number of unbranched alkanes of at least 4 members (excludes halogenated alkanes) is 2. The SMILES string of the molecule is CC(C)CP(CC(C)C)c1cc2ccccc2[cH-]1.CCCCP(CCCC)c1cc2ccccc2[cH-]1.[Cl-].[Cl-].[Hf+4]. The van der Waals surface area contributed by atoms with Crippen LogP contribution in [0.3, 0.4) is 0 Å². The van der Waals surface area contributed by atoms with E-state index in [-0.39, 0.29) is 66.5 Å². The Bertz CT molecular complexity index is 1080. The first kappa shape index (κ1) is 39.0. The number of benzene rings is 2. The topological polar surface area (TPSA) is 0 Å². The van der Waals surface area contributed by atoms with Gasteiger partial charge in [0, 0.05) is 0 Å². The van der Waals surface area contributed by atoms with Crippen LogP contribution in [0.1, 0.15) is 67.2 Å². The standard InChI is InChI=1S/2C17H24P.2ClH.Hf/c1-13(2)11-18(12-14(3)4)17-9-15-7-5-6-8-16(15)10-17;1-3-5-11-18(12-6-4-2)17-13-15-9-7-8-10-16(15)14-17;;;/h5-10,13-14H,11-12H2,1-4H3;7-10,13-14H,3-6,11-12H2,1-2H3;2*1H;/q2*-1;;;+4/p-2. The van der Waals surface area contributed by atoms with Crippen LogP contribution in [0.2, 0.25) is 0 Å². The molecule has 39 heavy (non-hydrogen) atoms. The zero-order valence-electron chi connectivity index (χ0n) is 24.9. The van der Waals surface area contributed by atoms with Crippen molar-refractivity contribution in [1.29, 1.82) is 0 Å². The van der Waals surface area contributed by atoms with E-state index in [1.807, 2.05) is 0 Å². The summed E-state index contributed by atoms with van der Waals surface area (Å²) in [6.07, 6.45) is 11.0. The monoisotopic (exact) mass is 768 g/mol. The van der Waals surface area contributed by atoms with E-state index in [9.17, 15) is 0 Å². The van der Waals surface area contributed by atoms with Crippen molar-refractivity contribution in [3.63, 3.8) is 0 Å². The predicted molar refractivity (Wildman–Crippen MR) is 171 cm³/mol. The smallest absolute Gasteiger partial charge is 1.00 e. The van der Waals surface area contributed by atoms with Gasteiger partial charge in [-0.05, 0) is 49.3 Å². The molecule has 5 heteroatoms. The summed E-state index contributed by atoms with van der Waals surface area (Å²) in [6, 6.07) is 27.2.